The van der Waals surface area contributed by atoms with E-state index in [0.717, 1.165) is 6.26 Å². The highest BCUT2D eigenvalue weighted by Crippen LogP contribution is 2.10. The second-order valence-corrected chi connectivity index (χ2v) is 6.49. The molecule has 7 heteroatoms. The number of amides is 1. The number of morpholine rings is 1. The number of ether oxygens (including phenoxy) is 1. The van der Waals surface area contributed by atoms with Crippen molar-refractivity contribution in [1.82, 2.24) is 9.21 Å². The maximum Gasteiger partial charge on any atom is 0.238 e. The summed E-state index contributed by atoms with van der Waals surface area (Å²) in [5.41, 5.74) is 0. The number of hydrogen-bond donors (Lipinski definition) is 0. The van der Waals surface area contributed by atoms with Crippen molar-refractivity contribution in [2.45, 2.75) is 26.3 Å². The van der Waals surface area contributed by atoms with Gasteiger partial charge in [0.15, 0.2) is 0 Å². The summed E-state index contributed by atoms with van der Waals surface area (Å²) in [6, 6.07) is -0.162. The Labute approximate surface area is 109 Å². The second kappa shape index (κ2) is 6.49. The van der Waals surface area contributed by atoms with Crippen LogP contribution in [0, 0.1) is 0 Å². The first-order chi connectivity index (χ1) is 8.36. The van der Waals surface area contributed by atoms with Crippen LogP contribution in [0.1, 0.15) is 20.3 Å². The quantitative estimate of drug-likeness (QED) is 0.704. The zero-order valence-corrected chi connectivity index (χ0v) is 12.1. The van der Waals surface area contributed by atoms with Crippen LogP contribution in [0.25, 0.3) is 0 Å². The van der Waals surface area contributed by atoms with E-state index in [1.807, 2.05) is 13.8 Å². The van der Waals surface area contributed by atoms with Gasteiger partial charge in [0.25, 0.3) is 0 Å². The van der Waals surface area contributed by atoms with E-state index in [9.17, 15) is 13.2 Å². The predicted molar refractivity (Wildman–Crippen MR) is 68.7 cm³/mol. The average Bonchev–Trinajstić information content (AvgIpc) is 2.34. The molecule has 1 heterocycles. The fraction of sp³-hybridized carbons (Fsp3) is 0.909. The molecule has 0 N–H and O–H groups in total. The van der Waals surface area contributed by atoms with Gasteiger partial charge in [-0.3, -0.25) is 4.79 Å². The molecule has 1 amide bonds. The Kier molecular flexibility index (Phi) is 5.55. The van der Waals surface area contributed by atoms with Gasteiger partial charge in [-0.2, -0.15) is 4.31 Å². The number of rotatable bonds is 5. The summed E-state index contributed by atoms with van der Waals surface area (Å²) in [4.78, 5) is 13.7. The topological polar surface area (TPSA) is 66.9 Å². The standard InChI is InChI=1S/C11H22N2O4S/c1-4-10(2)13(18(3,15)16)9-11(14)12-5-7-17-8-6-12/h10H,4-9H2,1-3H3. The molecule has 1 fully saturated rings. The van der Waals surface area contributed by atoms with E-state index in [4.69, 9.17) is 4.74 Å². The highest BCUT2D eigenvalue weighted by atomic mass is 32.2. The Morgan fingerprint density at radius 3 is 2.39 bits per heavy atom. The maximum absolute atomic E-state index is 12.0. The second-order valence-electron chi connectivity index (χ2n) is 4.56. The van der Waals surface area contributed by atoms with Crippen molar-refractivity contribution in [2.24, 2.45) is 0 Å². The first-order valence-electron chi connectivity index (χ1n) is 6.18. The lowest BCUT2D eigenvalue weighted by atomic mass is 10.2. The Morgan fingerprint density at radius 2 is 1.94 bits per heavy atom. The summed E-state index contributed by atoms with van der Waals surface area (Å²) in [7, 11) is -3.36. The molecule has 1 atom stereocenters. The molecule has 0 aliphatic carbocycles. The molecule has 1 saturated heterocycles. The largest absolute Gasteiger partial charge is 0.378 e. The van der Waals surface area contributed by atoms with Crippen molar-refractivity contribution >= 4 is 15.9 Å². The molecule has 0 aromatic carbocycles. The summed E-state index contributed by atoms with van der Waals surface area (Å²) >= 11 is 0. The van der Waals surface area contributed by atoms with Crippen LogP contribution in [-0.4, -0.2) is 68.7 Å². The maximum atomic E-state index is 12.0. The van der Waals surface area contributed by atoms with E-state index in [-0.39, 0.29) is 18.5 Å². The zero-order chi connectivity index (χ0) is 13.8. The first-order valence-corrected chi connectivity index (χ1v) is 8.03. The first kappa shape index (κ1) is 15.4. The van der Waals surface area contributed by atoms with Crippen LogP contribution in [0.3, 0.4) is 0 Å². The lowest BCUT2D eigenvalue weighted by Crippen LogP contribution is -2.49. The van der Waals surface area contributed by atoms with Crippen LogP contribution in [0.5, 0.6) is 0 Å². The molecule has 0 bridgehead atoms. The Hall–Kier alpha value is -0.660. The monoisotopic (exact) mass is 278 g/mol. The van der Waals surface area contributed by atoms with Crippen LogP contribution in [0.4, 0.5) is 0 Å². The van der Waals surface area contributed by atoms with Gasteiger partial charge in [0.05, 0.1) is 26.0 Å². The minimum atomic E-state index is -3.36. The van der Waals surface area contributed by atoms with Gasteiger partial charge in [-0.15, -0.1) is 0 Å². The van der Waals surface area contributed by atoms with E-state index in [1.165, 1.54) is 4.31 Å². The number of nitrogens with zero attached hydrogens (tertiary/aromatic N) is 2. The molecule has 1 aliphatic heterocycles. The molecule has 0 radical (unpaired) electrons. The van der Waals surface area contributed by atoms with Crippen LogP contribution >= 0.6 is 0 Å². The minimum Gasteiger partial charge on any atom is -0.378 e. The van der Waals surface area contributed by atoms with Crippen molar-refractivity contribution in [3.05, 3.63) is 0 Å². The Morgan fingerprint density at radius 1 is 1.39 bits per heavy atom. The van der Waals surface area contributed by atoms with E-state index in [1.54, 1.807) is 4.90 Å². The van der Waals surface area contributed by atoms with Gasteiger partial charge in [0.1, 0.15) is 0 Å². The Balaban J connectivity index is 2.68. The van der Waals surface area contributed by atoms with Crippen molar-refractivity contribution in [2.75, 3.05) is 39.1 Å². The molecule has 1 unspecified atom stereocenters. The molecule has 0 spiro atoms. The number of carbonyl (C=O) groups excluding carboxylic acids is 1. The van der Waals surface area contributed by atoms with Crippen LogP contribution in [0.15, 0.2) is 0 Å². The smallest absolute Gasteiger partial charge is 0.238 e. The van der Waals surface area contributed by atoms with Crippen molar-refractivity contribution in [3.8, 4) is 0 Å². The summed E-state index contributed by atoms with van der Waals surface area (Å²) in [6.45, 7) is 5.76. The highest BCUT2D eigenvalue weighted by Gasteiger charge is 2.27. The van der Waals surface area contributed by atoms with E-state index >= 15 is 0 Å². The third-order valence-corrected chi connectivity index (χ3v) is 4.50. The predicted octanol–water partition coefficient (Wildman–Crippen LogP) is -0.0947. The van der Waals surface area contributed by atoms with E-state index in [0.29, 0.717) is 32.7 Å². The molecular formula is C11H22N2O4S. The number of carbonyl (C=O) groups is 1. The molecule has 0 aromatic heterocycles. The van der Waals surface area contributed by atoms with Gasteiger partial charge in [0, 0.05) is 19.1 Å². The van der Waals surface area contributed by atoms with Gasteiger partial charge in [-0.25, -0.2) is 8.42 Å². The van der Waals surface area contributed by atoms with Gasteiger partial charge in [-0.05, 0) is 13.3 Å². The zero-order valence-electron chi connectivity index (χ0n) is 11.3. The summed E-state index contributed by atoms with van der Waals surface area (Å²) in [6.07, 6.45) is 1.83. The SMILES string of the molecule is CCC(C)N(CC(=O)N1CCOCC1)S(C)(=O)=O. The van der Waals surface area contributed by atoms with Crippen molar-refractivity contribution in [3.63, 3.8) is 0 Å². The molecule has 1 aliphatic rings. The van der Waals surface area contributed by atoms with Crippen LogP contribution in [0.2, 0.25) is 0 Å². The molecule has 6 nitrogen and oxygen atoms in total. The molecule has 106 valence electrons. The fourth-order valence-electron chi connectivity index (χ4n) is 1.85. The summed E-state index contributed by atoms with van der Waals surface area (Å²) in [5.74, 6) is -0.149. The highest BCUT2D eigenvalue weighted by molar-refractivity contribution is 7.88. The van der Waals surface area contributed by atoms with Crippen LogP contribution in [-0.2, 0) is 19.6 Å². The molecule has 1 rings (SSSR count). The van der Waals surface area contributed by atoms with Crippen LogP contribution < -0.4 is 0 Å². The molecule has 0 saturated carbocycles. The van der Waals surface area contributed by atoms with Gasteiger partial charge < -0.3 is 9.64 Å². The van der Waals surface area contributed by atoms with Crippen molar-refractivity contribution < 1.29 is 17.9 Å². The lowest BCUT2D eigenvalue weighted by molar-refractivity contribution is -0.135. The lowest BCUT2D eigenvalue weighted by Gasteiger charge is -2.31. The third kappa shape index (κ3) is 4.22. The molecule has 0 aromatic rings. The molecular weight excluding hydrogens is 256 g/mol. The van der Waals surface area contributed by atoms with E-state index in [2.05, 4.69) is 0 Å². The third-order valence-electron chi connectivity index (χ3n) is 3.16. The summed E-state index contributed by atoms with van der Waals surface area (Å²) < 4.78 is 29.8. The van der Waals surface area contributed by atoms with Crippen molar-refractivity contribution in [1.29, 1.82) is 0 Å². The van der Waals surface area contributed by atoms with E-state index < -0.39 is 10.0 Å². The summed E-state index contributed by atoms with van der Waals surface area (Å²) in [5, 5.41) is 0. The Bertz CT molecular complexity index is 377. The minimum absolute atomic E-state index is 0.0756. The number of sulfonamides is 1. The van der Waals surface area contributed by atoms with Gasteiger partial charge in [-0.1, -0.05) is 6.92 Å². The van der Waals surface area contributed by atoms with Gasteiger partial charge in [0.2, 0.25) is 15.9 Å². The fourth-order valence-corrected chi connectivity index (χ4v) is 3.00. The van der Waals surface area contributed by atoms with Gasteiger partial charge >= 0.3 is 0 Å². The average molecular weight is 278 g/mol. The number of hydrogen-bond acceptors (Lipinski definition) is 4. The normalized spacial score (nSPS) is 19.0. The molecule has 18 heavy (non-hydrogen) atoms.